The highest BCUT2D eigenvalue weighted by atomic mass is 16.5. The van der Waals surface area contributed by atoms with Gasteiger partial charge in [-0.1, -0.05) is 37.3 Å². The molecule has 0 amide bonds. The zero-order valence-electron chi connectivity index (χ0n) is 22.3. The Morgan fingerprint density at radius 1 is 1.05 bits per heavy atom. The van der Waals surface area contributed by atoms with Gasteiger partial charge >= 0.3 is 0 Å². The average molecular weight is 529 g/mol. The summed E-state index contributed by atoms with van der Waals surface area (Å²) >= 11 is 0. The predicted molar refractivity (Wildman–Crippen MR) is 147 cm³/mol. The van der Waals surface area contributed by atoms with Crippen molar-refractivity contribution in [1.82, 2.24) is 30.1 Å². The highest BCUT2D eigenvalue weighted by molar-refractivity contribution is 5.83. The molecule has 0 aliphatic rings. The van der Waals surface area contributed by atoms with Gasteiger partial charge in [-0.05, 0) is 53.1 Å². The number of hydrogen-bond donors (Lipinski definition) is 1. The number of nitrogens with one attached hydrogen (secondary N) is 1. The van der Waals surface area contributed by atoms with Crippen molar-refractivity contribution in [1.29, 1.82) is 0 Å². The summed E-state index contributed by atoms with van der Waals surface area (Å²) in [6.45, 7) is 3.66. The number of methoxy groups -OCH3 is 2. The van der Waals surface area contributed by atoms with Crippen molar-refractivity contribution >= 4 is 10.9 Å². The van der Waals surface area contributed by atoms with Gasteiger partial charge in [-0.25, -0.2) is 4.68 Å². The maximum Gasteiger partial charge on any atom is 0.252 e. The highest BCUT2D eigenvalue weighted by Gasteiger charge is 2.26. The normalized spacial score (nSPS) is 12.2. The van der Waals surface area contributed by atoms with Crippen molar-refractivity contribution in [3.63, 3.8) is 0 Å². The molecule has 1 unspecified atom stereocenters. The largest absolute Gasteiger partial charge is 0.493 e. The van der Waals surface area contributed by atoms with Crippen molar-refractivity contribution < 1.29 is 13.9 Å². The standard InChI is InChI=1S/C29H32N6O4/c1-4-25(28-31-32-33-35(28)19-23-11-8-14-39-23)34(13-12-20-9-6-5-7-10-20)18-22-15-21-16-26(37-2)27(38-3)17-24(21)30-29(22)36/h5-11,14-17,25H,4,12-13,18-19H2,1-3H3,(H,30,36). The number of fused-ring (bicyclic) bond motifs is 1. The van der Waals surface area contributed by atoms with Gasteiger partial charge in [0.15, 0.2) is 17.3 Å². The van der Waals surface area contributed by atoms with Crippen molar-refractivity contribution in [2.45, 2.75) is 38.9 Å². The first kappa shape index (κ1) is 26.2. The Kier molecular flexibility index (Phi) is 8.02. The summed E-state index contributed by atoms with van der Waals surface area (Å²) in [4.78, 5) is 18.6. The monoisotopic (exact) mass is 528 g/mol. The molecule has 1 atom stereocenters. The van der Waals surface area contributed by atoms with Crippen molar-refractivity contribution in [2.24, 2.45) is 0 Å². The molecule has 5 aromatic rings. The Morgan fingerprint density at radius 3 is 2.56 bits per heavy atom. The predicted octanol–water partition coefficient (Wildman–Crippen LogP) is 4.37. The summed E-state index contributed by atoms with van der Waals surface area (Å²) < 4.78 is 18.2. The number of H-pyrrole nitrogens is 1. The first-order valence-electron chi connectivity index (χ1n) is 12.9. The van der Waals surface area contributed by atoms with Crippen LogP contribution in [0.4, 0.5) is 0 Å². The lowest BCUT2D eigenvalue weighted by Gasteiger charge is -2.30. The lowest BCUT2D eigenvalue weighted by molar-refractivity contribution is 0.172. The van der Waals surface area contributed by atoms with E-state index in [1.165, 1.54) is 5.56 Å². The number of aromatic amines is 1. The third-order valence-electron chi connectivity index (χ3n) is 6.90. The second-order valence-electron chi connectivity index (χ2n) is 9.32. The molecule has 0 aliphatic carbocycles. The minimum Gasteiger partial charge on any atom is -0.493 e. The Morgan fingerprint density at radius 2 is 1.85 bits per heavy atom. The molecule has 3 heterocycles. The third kappa shape index (κ3) is 5.85. The lowest BCUT2D eigenvalue weighted by Crippen LogP contribution is -2.34. The van der Waals surface area contributed by atoms with E-state index in [1.807, 2.05) is 42.5 Å². The molecule has 202 valence electrons. The SMILES string of the molecule is CCC(c1nnnn1Cc1ccco1)N(CCc1ccccc1)Cc1cc2cc(OC)c(OC)cc2[nH]c1=O. The number of hydrogen-bond acceptors (Lipinski definition) is 8. The zero-order chi connectivity index (χ0) is 27.2. The summed E-state index contributed by atoms with van der Waals surface area (Å²) in [5.74, 6) is 2.66. The summed E-state index contributed by atoms with van der Waals surface area (Å²) in [5.41, 5.74) is 2.40. The summed E-state index contributed by atoms with van der Waals surface area (Å²) in [5, 5.41) is 13.5. The van der Waals surface area contributed by atoms with Gasteiger partial charge in [0.2, 0.25) is 0 Å². The Hall–Kier alpha value is -4.44. The van der Waals surface area contributed by atoms with E-state index in [4.69, 9.17) is 13.9 Å². The number of benzene rings is 2. The molecule has 0 aliphatic heterocycles. The molecular formula is C29H32N6O4. The maximum atomic E-state index is 13.3. The minimum absolute atomic E-state index is 0.126. The number of rotatable bonds is 12. The minimum atomic E-state index is -0.149. The van der Waals surface area contributed by atoms with E-state index in [2.05, 4.69) is 44.5 Å². The van der Waals surface area contributed by atoms with Gasteiger partial charge < -0.3 is 18.9 Å². The summed E-state index contributed by atoms with van der Waals surface area (Å²) in [7, 11) is 3.17. The highest BCUT2D eigenvalue weighted by Crippen LogP contribution is 2.32. The molecule has 0 bridgehead atoms. The Labute approximate surface area is 226 Å². The van der Waals surface area contributed by atoms with Crippen LogP contribution in [-0.4, -0.2) is 50.9 Å². The van der Waals surface area contributed by atoms with Crippen LogP contribution in [0, 0.1) is 0 Å². The molecule has 39 heavy (non-hydrogen) atoms. The van der Waals surface area contributed by atoms with E-state index in [0.29, 0.717) is 42.2 Å². The van der Waals surface area contributed by atoms with Crippen LogP contribution < -0.4 is 15.0 Å². The van der Waals surface area contributed by atoms with Crippen LogP contribution in [0.25, 0.3) is 10.9 Å². The number of furan rings is 1. The molecule has 0 saturated carbocycles. The van der Waals surface area contributed by atoms with Crippen LogP contribution in [0.1, 0.15) is 42.1 Å². The molecule has 3 aromatic heterocycles. The number of tetrazole rings is 1. The van der Waals surface area contributed by atoms with Gasteiger partial charge in [-0.15, -0.1) is 5.10 Å². The molecular weight excluding hydrogens is 496 g/mol. The van der Waals surface area contributed by atoms with E-state index in [1.54, 1.807) is 31.2 Å². The van der Waals surface area contributed by atoms with E-state index in [0.717, 1.165) is 29.8 Å². The quantitative estimate of drug-likeness (QED) is 0.254. The Balaban J connectivity index is 1.50. The molecule has 0 fully saturated rings. The van der Waals surface area contributed by atoms with E-state index >= 15 is 0 Å². The van der Waals surface area contributed by atoms with Crippen molar-refractivity contribution in [3.05, 3.63) is 100.0 Å². The van der Waals surface area contributed by atoms with Crippen LogP contribution in [0.5, 0.6) is 11.5 Å². The fourth-order valence-corrected chi connectivity index (χ4v) is 4.89. The number of aromatic nitrogens is 5. The number of pyridine rings is 1. The van der Waals surface area contributed by atoms with Crippen LogP contribution >= 0.6 is 0 Å². The van der Waals surface area contributed by atoms with Crippen molar-refractivity contribution in [2.75, 3.05) is 20.8 Å². The smallest absolute Gasteiger partial charge is 0.252 e. The molecule has 0 spiro atoms. The second-order valence-corrected chi connectivity index (χ2v) is 9.32. The molecule has 10 heteroatoms. The molecule has 1 N–H and O–H groups in total. The van der Waals surface area contributed by atoms with Crippen LogP contribution in [0.3, 0.4) is 0 Å². The molecule has 5 rings (SSSR count). The van der Waals surface area contributed by atoms with Gasteiger partial charge in [0.05, 0.1) is 32.0 Å². The molecule has 0 radical (unpaired) electrons. The van der Waals surface area contributed by atoms with Crippen LogP contribution in [0.15, 0.2) is 76.1 Å². The topological polar surface area (TPSA) is 111 Å². The fourth-order valence-electron chi connectivity index (χ4n) is 4.89. The Bertz CT molecular complexity index is 1560. The van der Waals surface area contributed by atoms with Gasteiger partial charge in [-0.3, -0.25) is 9.69 Å². The van der Waals surface area contributed by atoms with Gasteiger partial charge in [0.25, 0.3) is 5.56 Å². The van der Waals surface area contributed by atoms with E-state index < -0.39 is 0 Å². The number of nitrogens with zero attached hydrogens (tertiary/aromatic N) is 5. The van der Waals surface area contributed by atoms with Gasteiger partial charge in [0.1, 0.15) is 12.3 Å². The maximum absolute atomic E-state index is 13.3. The van der Waals surface area contributed by atoms with E-state index in [-0.39, 0.29) is 11.6 Å². The average Bonchev–Trinajstić information content (AvgIpc) is 3.65. The van der Waals surface area contributed by atoms with Crippen LogP contribution in [0.2, 0.25) is 0 Å². The number of ether oxygens (including phenoxy) is 2. The molecule has 10 nitrogen and oxygen atoms in total. The first-order valence-corrected chi connectivity index (χ1v) is 12.9. The van der Waals surface area contributed by atoms with Gasteiger partial charge in [-0.2, -0.15) is 0 Å². The van der Waals surface area contributed by atoms with Crippen molar-refractivity contribution in [3.8, 4) is 11.5 Å². The summed E-state index contributed by atoms with van der Waals surface area (Å²) in [6, 6.07) is 19.5. The summed E-state index contributed by atoms with van der Waals surface area (Å²) in [6.07, 6.45) is 3.21. The lowest BCUT2D eigenvalue weighted by atomic mass is 10.1. The fraction of sp³-hybridized carbons (Fsp3) is 0.310. The first-order chi connectivity index (χ1) is 19.1. The van der Waals surface area contributed by atoms with E-state index in [9.17, 15) is 4.79 Å². The van der Waals surface area contributed by atoms with Gasteiger partial charge in [0, 0.05) is 30.1 Å². The third-order valence-corrected chi connectivity index (χ3v) is 6.90. The zero-order valence-corrected chi connectivity index (χ0v) is 22.3. The molecule has 0 saturated heterocycles. The second kappa shape index (κ2) is 12.0. The van der Waals surface area contributed by atoms with Crippen LogP contribution in [-0.2, 0) is 19.5 Å². The molecule has 2 aromatic carbocycles.